The third kappa shape index (κ3) is 5.10. The number of hydrogen-bond acceptors (Lipinski definition) is 3. The van der Waals surface area contributed by atoms with E-state index in [2.05, 4.69) is 19.2 Å². The Bertz CT molecular complexity index is 872. The Morgan fingerprint density at radius 1 is 1.10 bits per heavy atom. The molecule has 29 heavy (non-hydrogen) atoms. The highest BCUT2D eigenvalue weighted by atomic mass is 35.5. The van der Waals surface area contributed by atoms with Gasteiger partial charge in [0.15, 0.2) is 6.61 Å². The van der Waals surface area contributed by atoms with Crippen molar-refractivity contribution < 1.29 is 14.3 Å². The molecule has 0 bridgehead atoms. The highest BCUT2D eigenvalue weighted by Crippen LogP contribution is 2.24. The minimum atomic E-state index is -0.228. The summed E-state index contributed by atoms with van der Waals surface area (Å²) in [6.45, 7) is 6.03. The lowest BCUT2D eigenvalue weighted by Crippen LogP contribution is -2.49. The van der Waals surface area contributed by atoms with E-state index < -0.39 is 0 Å². The van der Waals surface area contributed by atoms with Crippen molar-refractivity contribution >= 4 is 29.1 Å². The maximum atomic E-state index is 12.6. The van der Waals surface area contributed by atoms with Crippen LogP contribution < -0.4 is 10.1 Å². The second-order valence-electron chi connectivity index (χ2n) is 7.61. The predicted molar refractivity (Wildman–Crippen MR) is 116 cm³/mol. The zero-order valence-corrected chi connectivity index (χ0v) is 17.8. The van der Waals surface area contributed by atoms with Crippen LogP contribution in [0.3, 0.4) is 0 Å². The molecule has 1 fully saturated rings. The van der Waals surface area contributed by atoms with Crippen LogP contribution in [-0.2, 0) is 4.79 Å². The van der Waals surface area contributed by atoms with Crippen molar-refractivity contribution in [3.8, 4) is 5.75 Å². The molecule has 0 aliphatic carbocycles. The van der Waals surface area contributed by atoms with Gasteiger partial charge >= 0.3 is 0 Å². The lowest BCUT2D eigenvalue weighted by molar-refractivity contribution is -0.139. The lowest BCUT2D eigenvalue weighted by Gasteiger charge is -2.38. The highest BCUT2D eigenvalue weighted by Gasteiger charge is 2.28. The molecule has 1 heterocycles. The first kappa shape index (κ1) is 21.2. The minimum Gasteiger partial charge on any atom is -0.484 e. The van der Waals surface area contributed by atoms with E-state index in [1.165, 1.54) is 0 Å². The minimum absolute atomic E-state index is 0.00192. The number of likely N-dealkylation sites (tertiary alicyclic amines) is 1. The third-order valence-corrected chi connectivity index (χ3v) is 5.89. The molecule has 3 rings (SSSR count). The fourth-order valence-electron chi connectivity index (χ4n) is 3.77. The van der Waals surface area contributed by atoms with Crippen LogP contribution in [-0.4, -0.2) is 35.4 Å². The summed E-state index contributed by atoms with van der Waals surface area (Å²) in [5, 5.41) is 3.47. The van der Waals surface area contributed by atoms with Crippen LogP contribution in [0.2, 0.25) is 5.02 Å². The van der Waals surface area contributed by atoms with Gasteiger partial charge in [0, 0.05) is 28.4 Å². The van der Waals surface area contributed by atoms with Gasteiger partial charge < -0.3 is 15.0 Å². The van der Waals surface area contributed by atoms with Gasteiger partial charge in [0.1, 0.15) is 5.75 Å². The number of hydrogen-bond donors (Lipinski definition) is 1. The monoisotopic (exact) mass is 414 g/mol. The van der Waals surface area contributed by atoms with Crippen molar-refractivity contribution in [1.29, 1.82) is 0 Å². The molecule has 0 radical (unpaired) electrons. The number of rotatable bonds is 5. The van der Waals surface area contributed by atoms with E-state index in [1.807, 2.05) is 17.9 Å². The first-order valence-corrected chi connectivity index (χ1v) is 10.3. The Morgan fingerprint density at radius 2 is 1.76 bits per heavy atom. The largest absolute Gasteiger partial charge is 0.484 e. The van der Waals surface area contributed by atoms with Crippen molar-refractivity contribution in [3.05, 3.63) is 58.6 Å². The summed E-state index contributed by atoms with van der Waals surface area (Å²) in [4.78, 5) is 27.0. The molecule has 2 amide bonds. The van der Waals surface area contributed by atoms with E-state index in [0.29, 0.717) is 22.0 Å². The molecule has 6 heteroatoms. The van der Waals surface area contributed by atoms with Gasteiger partial charge in [-0.15, -0.1) is 0 Å². The summed E-state index contributed by atoms with van der Waals surface area (Å²) in [6.07, 6.45) is 3.23. The molecule has 5 nitrogen and oxygen atoms in total. The Labute approximate surface area is 177 Å². The smallest absolute Gasteiger partial charge is 0.260 e. The molecule has 2 aromatic carbocycles. The van der Waals surface area contributed by atoms with Gasteiger partial charge in [-0.05, 0) is 82.0 Å². The molecule has 1 saturated heterocycles. The number of nitrogens with one attached hydrogen (secondary N) is 1. The third-order valence-electron chi connectivity index (χ3n) is 5.48. The molecule has 0 saturated carbocycles. The fraction of sp³-hybridized carbons (Fsp3) is 0.391. The van der Waals surface area contributed by atoms with Gasteiger partial charge in [-0.25, -0.2) is 0 Å². The predicted octanol–water partition coefficient (Wildman–Crippen LogP) is 5.07. The average molecular weight is 415 g/mol. The number of piperidine rings is 1. The normalized spacial score (nSPS) is 19.0. The van der Waals surface area contributed by atoms with Crippen molar-refractivity contribution in [2.45, 2.75) is 52.1 Å². The lowest BCUT2D eigenvalue weighted by atomic mass is 9.97. The number of carbonyl (C=O) groups is 2. The Hall–Kier alpha value is -2.53. The van der Waals surface area contributed by atoms with Crippen LogP contribution in [0.5, 0.6) is 5.75 Å². The maximum absolute atomic E-state index is 12.6. The van der Waals surface area contributed by atoms with Crippen molar-refractivity contribution in [2.24, 2.45) is 0 Å². The second kappa shape index (κ2) is 9.31. The number of nitrogens with zero attached hydrogens (tertiary/aromatic N) is 1. The van der Waals surface area contributed by atoms with Gasteiger partial charge in [0.25, 0.3) is 11.8 Å². The summed E-state index contributed by atoms with van der Waals surface area (Å²) in [7, 11) is 0. The molecule has 2 aromatic rings. The van der Waals surface area contributed by atoms with Gasteiger partial charge in [-0.1, -0.05) is 17.7 Å². The summed E-state index contributed by atoms with van der Waals surface area (Å²) < 4.78 is 5.67. The van der Waals surface area contributed by atoms with E-state index in [4.69, 9.17) is 16.3 Å². The standard InChI is InChI=1S/C23H27ClN2O3/c1-15-6-4-7-16(2)26(15)22(27)14-29-19-12-10-18(11-13-19)23(28)25-21-9-5-8-20(24)17(21)3/h5,8-13,15-16H,4,6-7,14H2,1-3H3,(H,25,28). The number of amides is 2. The zero-order chi connectivity index (χ0) is 21.0. The van der Waals surface area contributed by atoms with Gasteiger partial charge in [-0.2, -0.15) is 0 Å². The summed E-state index contributed by atoms with van der Waals surface area (Å²) >= 11 is 6.10. The number of benzene rings is 2. The van der Waals surface area contributed by atoms with Crippen molar-refractivity contribution in [2.75, 3.05) is 11.9 Å². The Balaban J connectivity index is 1.58. The van der Waals surface area contributed by atoms with Crippen LogP contribution >= 0.6 is 11.6 Å². The van der Waals surface area contributed by atoms with Gasteiger partial charge in [-0.3, -0.25) is 9.59 Å². The van der Waals surface area contributed by atoms with E-state index in [0.717, 1.165) is 24.8 Å². The molecule has 1 aliphatic heterocycles. The molecule has 2 unspecified atom stereocenters. The second-order valence-corrected chi connectivity index (χ2v) is 8.02. The SMILES string of the molecule is Cc1c(Cl)cccc1NC(=O)c1ccc(OCC(=O)N2C(C)CCCC2C)cc1. The molecule has 2 atom stereocenters. The van der Waals surface area contributed by atoms with Crippen molar-refractivity contribution in [1.82, 2.24) is 4.90 Å². The molecule has 0 aromatic heterocycles. The first-order chi connectivity index (χ1) is 13.9. The molecule has 154 valence electrons. The summed E-state index contributed by atoms with van der Waals surface area (Å²) in [5.74, 6) is 0.336. The van der Waals surface area contributed by atoms with Crippen LogP contribution in [0.1, 0.15) is 49.0 Å². The van der Waals surface area contributed by atoms with E-state index in [-0.39, 0.29) is 30.5 Å². The number of carbonyl (C=O) groups excluding carboxylic acids is 2. The molecular formula is C23H27ClN2O3. The van der Waals surface area contributed by atoms with E-state index in [1.54, 1.807) is 36.4 Å². The van der Waals surface area contributed by atoms with Crippen LogP contribution in [0.15, 0.2) is 42.5 Å². The molecule has 1 aliphatic rings. The molecular weight excluding hydrogens is 388 g/mol. The quantitative estimate of drug-likeness (QED) is 0.743. The average Bonchev–Trinajstić information content (AvgIpc) is 2.70. The van der Waals surface area contributed by atoms with Crippen LogP contribution in [0.25, 0.3) is 0 Å². The Kier molecular flexibility index (Phi) is 6.80. The Morgan fingerprint density at radius 3 is 2.41 bits per heavy atom. The van der Waals surface area contributed by atoms with Gasteiger partial charge in [0.05, 0.1) is 0 Å². The fourth-order valence-corrected chi connectivity index (χ4v) is 3.95. The number of halogens is 1. The summed E-state index contributed by atoms with van der Waals surface area (Å²) in [5.41, 5.74) is 2.00. The number of anilines is 1. The van der Waals surface area contributed by atoms with Crippen LogP contribution in [0, 0.1) is 6.92 Å². The zero-order valence-electron chi connectivity index (χ0n) is 17.1. The van der Waals surface area contributed by atoms with Gasteiger partial charge in [0.2, 0.25) is 0 Å². The molecule has 0 spiro atoms. The maximum Gasteiger partial charge on any atom is 0.260 e. The summed E-state index contributed by atoms with van der Waals surface area (Å²) in [6, 6.07) is 12.7. The van der Waals surface area contributed by atoms with Crippen LogP contribution in [0.4, 0.5) is 5.69 Å². The topological polar surface area (TPSA) is 58.6 Å². The van der Waals surface area contributed by atoms with E-state index in [9.17, 15) is 9.59 Å². The molecule has 1 N–H and O–H groups in total. The first-order valence-electron chi connectivity index (χ1n) is 9.97. The van der Waals surface area contributed by atoms with Crippen molar-refractivity contribution in [3.63, 3.8) is 0 Å². The van der Waals surface area contributed by atoms with E-state index >= 15 is 0 Å². The highest BCUT2D eigenvalue weighted by molar-refractivity contribution is 6.31. The number of ether oxygens (including phenoxy) is 1.